The summed E-state index contributed by atoms with van der Waals surface area (Å²) in [7, 11) is 6.78. The van der Waals surface area contributed by atoms with Crippen molar-refractivity contribution in [1.29, 1.82) is 0 Å². The Morgan fingerprint density at radius 3 is 2.45 bits per heavy atom. The zero-order valence-electron chi connectivity index (χ0n) is 27.7. The molecule has 1 heterocycles. The number of nitrogens with one attached hydrogen (secondary N) is 1. The molecule has 47 heavy (non-hydrogen) atoms. The Labute approximate surface area is 282 Å². The van der Waals surface area contributed by atoms with Crippen molar-refractivity contribution in [2.45, 2.75) is 69.1 Å². The molecule has 1 aliphatic rings. The number of nitrogens with zero attached hydrogens (tertiary/aromatic N) is 3. The minimum atomic E-state index is -1.58. The van der Waals surface area contributed by atoms with E-state index in [9.17, 15) is 18.6 Å². The highest BCUT2D eigenvalue weighted by molar-refractivity contribution is 7.83. The summed E-state index contributed by atoms with van der Waals surface area (Å²) < 4.78 is 26.8. The maximum atomic E-state index is 14.1. The fourth-order valence-corrected chi connectivity index (χ4v) is 6.74. The average molecular weight is 664 g/mol. The molecule has 1 saturated heterocycles. The summed E-state index contributed by atoms with van der Waals surface area (Å²) in [5, 5.41) is 2.08. The van der Waals surface area contributed by atoms with E-state index in [2.05, 4.69) is 11.2 Å². The highest BCUT2D eigenvalue weighted by atomic mass is 32.2. The zero-order chi connectivity index (χ0) is 34.5. The van der Waals surface area contributed by atoms with Gasteiger partial charge in [0, 0.05) is 39.1 Å². The summed E-state index contributed by atoms with van der Waals surface area (Å²) in [4.78, 5) is 41.7. The van der Waals surface area contributed by atoms with Gasteiger partial charge in [0.15, 0.2) is 5.81 Å². The van der Waals surface area contributed by atoms with E-state index in [1.54, 1.807) is 18.9 Å². The van der Waals surface area contributed by atoms with Crippen molar-refractivity contribution in [2.24, 2.45) is 5.73 Å². The fraction of sp³-hybridized carbons (Fsp3) is 0.500. The van der Waals surface area contributed by atoms with Crippen molar-refractivity contribution in [1.82, 2.24) is 19.4 Å². The lowest BCUT2D eigenvalue weighted by atomic mass is 10.1. The molecule has 2 radical (unpaired) electrons. The highest BCUT2D eigenvalue weighted by Crippen LogP contribution is 2.23. The van der Waals surface area contributed by atoms with Crippen molar-refractivity contribution in [2.75, 3.05) is 40.4 Å². The fourth-order valence-electron chi connectivity index (χ4n) is 5.44. The van der Waals surface area contributed by atoms with Gasteiger partial charge in [-0.3, -0.25) is 14.4 Å². The van der Waals surface area contributed by atoms with Gasteiger partial charge in [-0.25, -0.2) is 8.51 Å². The summed E-state index contributed by atoms with van der Waals surface area (Å²) in [6.07, 6.45) is 7.07. The third kappa shape index (κ3) is 10.9. The Kier molecular flexibility index (Phi) is 14.9. The molecule has 3 N–H and O–H groups in total. The molecule has 6 atom stereocenters. The number of rotatable bonds is 17. The predicted molar refractivity (Wildman–Crippen MR) is 184 cm³/mol. The normalized spacial score (nSPS) is 17.6. The second kappa shape index (κ2) is 18.6. The Morgan fingerprint density at radius 1 is 1.15 bits per heavy atom. The predicted octanol–water partition coefficient (Wildman–Crippen LogP) is 1.85. The number of nitrogens with two attached hydrogens (primary N) is 1. The summed E-state index contributed by atoms with van der Waals surface area (Å²) in [5.74, 6) is 1.42. The largest absolute Gasteiger partial charge is 0.497 e. The summed E-state index contributed by atoms with van der Waals surface area (Å²) in [6.45, 7) is 4.35. The molecule has 13 heteroatoms. The van der Waals surface area contributed by atoms with Crippen LogP contribution in [0.2, 0.25) is 0 Å². The van der Waals surface area contributed by atoms with Gasteiger partial charge >= 0.3 is 0 Å². The number of benzene rings is 2. The molecule has 1 aliphatic heterocycles. The van der Waals surface area contributed by atoms with Crippen LogP contribution in [0, 0.1) is 12.3 Å². The number of methoxy groups -OCH3 is 1. The van der Waals surface area contributed by atoms with Crippen LogP contribution in [0.15, 0.2) is 54.6 Å². The van der Waals surface area contributed by atoms with E-state index in [0.717, 1.165) is 28.2 Å². The molecule has 2 aromatic carbocycles. The summed E-state index contributed by atoms with van der Waals surface area (Å²) in [6, 6.07) is 15.1. The number of ether oxygens (including phenoxy) is 2. The maximum absolute atomic E-state index is 14.1. The first kappa shape index (κ1) is 37.8. The number of terminal acetylenes is 1. The van der Waals surface area contributed by atoms with E-state index in [0.29, 0.717) is 38.9 Å². The molecule has 1 unspecified atom stereocenters. The van der Waals surface area contributed by atoms with Crippen molar-refractivity contribution in [3.63, 3.8) is 0 Å². The van der Waals surface area contributed by atoms with Crippen molar-refractivity contribution < 1.29 is 28.1 Å². The van der Waals surface area contributed by atoms with Crippen LogP contribution >= 0.6 is 0 Å². The first-order valence-corrected chi connectivity index (χ1v) is 16.9. The van der Waals surface area contributed by atoms with Gasteiger partial charge in [0.25, 0.3) is 0 Å². The number of carbonyl (C=O) groups is 3. The van der Waals surface area contributed by atoms with Crippen LogP contribution in [-0.2, 0) is 38.2 Å². The van der Waals surface area contributed by atoms with Gasteiger partial charge in [-0.2, -0.15) is 0 Å². The first-order valence-electron chi connectivity index (χ1n) is 15.7. The van der Waals surface area contributed by atoms with Crippen LogP contribution in [0.25, 0.3) is 0 Å². The Bertz CT molecular complexity index is 1390. The third-order valence-electron chi connectivity index (χ3n) is 8.45. The second-order valence-electron chi connectivity index (χ2n) is 11.6. The molecule has 11 nitrogen and oxygen atoms in total. The number of amides is 3. The Hall–Kier alpha value is -3.70. The monoisotopic (exact) mass is 663 g/mol. The standard InChI is InChI=1S/C34H46BN5O6S/c1-6-21-46-25(3)31(37-32(41)24(2)38(4)34(35)43)33(42)40-19-10-13-28(40)23-39(20-18-26-11-8-7-9-12-26)47(44)30(36)22-27-14-16-29(45-5)17-15-27/h1,7-9,11-12,14-17,24-25,28,30-31H,10,13,18-23,36H2,2-5H3,(H,37,41)/t24-,25+,28-,30-,31-,47?/m0/s1. The SMILES string of the molecule is [B]C(=O)N(C)[C@@H](C)C(=O)N[C@H](C(=O)N1CCC[C@H]1CN(CCc1ccccc1)S(=O)[C@H](N)Cc1ccc(OC)cc1)[C@@H](C)OCC#C. The summed E-state index contributed by atoms with van der Waals surface area (Å²) >= 11 is 0. The van der Waals surface area contributed by atoms with Crippen LogP contribution in [0.4, 0.5) is 4.79 Å². The van der Waals surface area contributed by atoms with Crippen molar-refractivity contribution in [3.8, 4) is 18.1 Å². The van der Waals surface area contributed by atoms with Gasteiger partial charge in [-0.05, 0) is 56.4 Å². The van der Waals surface area contributed by atoms with E-state index >= 15 is 0 Å². The van der Waals surface area contributed by atoms with E-state index in [1.807, 2.05) is 58.9 Å². The van der Waals surface area contributed by atoms with Gasteiger partial charge in [-0.15, -0.1) is 6.42 Å². The molecule has 0 spiro atoms. The lowest BCUT2D eigenvalue weighted by Crippen LogP contribution is -2.59. The Balaban J connectivity index is 1.82. The van der Waals surface area contributed by atoms with Crippen molar-refractivity contribution in [3.05, 3.63) is 65.7 Å². The lowest BCUT2D eigenvalue weighted by Gasteiger charge is -2.35. The molecule has 252 valence electrons. The highest BCUT2D eigenvalue weighted by Gasteiger charge is 2.39. The number of likely N-dealkylation sites (tertiary alicyclic amines) is 1. The van der Waals surface area contributed by atoms with Gasteiger partial charge in [-0.1, -0.05) is 48.4 Å². The van der Waals surface area contributed by atoms with E-state index in [4.69, 9.17) is 29.5 Å². The smallest absolute Gasteiger partial charge is 0.248 e. The molecule has 0 bridgehead atoms. The molecular formula is C34H46BN5O6S. The van der Waals surface area contributed by atoms with Gasteiger partial charge in [0.2, 0.25) is 19.7 Å². The molecule has 0 aromatic heterocycles. The van der Waals surface area contributed by atoms with Crippen LogP contribution in [0.1, 0.15) is 37.8 Å². The Morgan fingerprint density at radius 2 is 1.83 bits per heavy atom. The second-order valence-corrected chi connectivity index (χ2v) is 13.3. The quantitative estimate of drug-likeness (QED) is 0.195. The van der Waals surface area contributed by atoms with E-state index in [1.165, 1.54) is 14.0 Å². The minimum absolute atomic E-state index is 0.0562. The average Bonchev–Trinajstić information content (AvgIpc) is 3.55. The van der Waals surface area contributed by atoms with E-state index in [-0.39, 0.29) is 18.6 Å². The van der Waals surface area contributed by atoms with E-state index < -0.39 is 46.3 Å². The topological polar surface area (TPSA) is 135 Å². The zero-order valence-corrected chi connectivity index (χ0v) is 28.5. The van der Waals surface area contributed by atoms with Crippen LogP contribution < -0.4 is 15.8 Å². The number of hydrogen-bond donors (Lipinski definition) is 2. The summed E-state index contributed by atoms with van der Waals surface area (Å²) in [5.41, 5.74) is 8.58. The molecule has 0 saturated carbocycles. The molecule has 2 aromatic rings. The molecule has 0 aliphatic carbocycles. The van der Waals surface area contributed by atoms with Crippen LogP contribution in [-0.4, -0.2) is 114 Å². The number of carbonyl (C=O) groups excluding carboxylic acids is 3. The molecule has 1 fully saturated rings. The van der Waals surface area contributed by atoms with Crippen LogP contribution in [0.3, 0.4) is 0 Å². The van der Waals surface area contributed by atoms with Crippen molar-refractivity contribution >= 4 is 36.5 Å². The third-order valence-corrected chi connectivity index (χ3v) is 9.97. The molecule has 3 rings (SSSR count). The minimum Gasteiger partial charge on any atom is -0.497 e. The van der Waals surface area contributed by atoms with Gasteiger partial charge < -0.3 is 30.3 Å². The number of hydrogen-bond acceptors (Lipinski definition) is 7. The number of likely N-dealkylation sites (N-methyl/N-ethyl adjacent to an activating group) is 1. The van der Waals surface area contributed by atoms with Crippen LogP contribution in [0.5, 0.6) is 5.75 Å². The maximum Gasteiger partial charge on any atom is 0.248 e. The van der Waals surface area contributed by atoms with Gasteiger partial charge in [0.05, 0.1) is 18.6 Å². The lowest BCUT2D eigenvalue weighted by molar-refractivity contribution is -0.142. The van der Waals surface area contributed by atoms with Gasteiger partial charge in [0.1, 0.15) is 35.4 Å². The molecule has 3 amide bonds. The first-order chi connectivity index (χ1) is 22.5. The molecular weight excluding hydrogens is 617 g/mol.